The molecule has 0 spiro atoms. The Kier molecular flexibility index (Phi) is 7.84. The van der Waals surface area contributed by atoms with Crippen molar-refractivity contribution in [2.75, 3.05) is 0 Å². The van der Waals surface area contributed by atoms with Gasteiger partial charge in [-0.2, -0.15) is 17.6 Å². The van der Waals surface area contributed by atoms with Gasteiger partial charge >= 0.3 is 6.18 Å². The number of hydrogen-bond acceptors (Lipinski definition) is 4. The minimum absolute atomic E-state index is 0.0349. The molecule has 4 rings (SSSR count). The zero-order valence-corrected chi connectivity index (χ0v) is 20.4. The number of carbonyl (C=O) groups excluding carboxylic acids is 1. The van der Waals surface area contributed by atoms with Gasteiger partial charge in [-0.1, -0.05) is 29.8 Å². The van der Waals surface area contributed by atoms with Gasteiger partial charge in [0.1, 0.15) is 17.5 Å². The SMILES string of the molecule is Cc1nc(-c2c(C(F)(F)F)ccc(CNC(=O)C3CC(OCc4cccc(Cl)c4F)C3)c2F)[nH]c(=O)c1F. The van der Waals surface area contributed by atoms with Crippen molar-refractivity contribution in [1.29, 1.82) is 0 Å². The molecule has 0 bridgehead atoms. The molecular formula is C25H20ClF6N3O3. The Morgan fingerprint density at radius 1 is 1.11 bits per heavy atom. The van der Waals surface area contributed by atoms with Crippen LogP contribution in [-0.4, -0.2) is 22.0 Å². The number of amides is 1. The van der Waals surface area contributed by atoms with Crippen molar-refractivity contribution >= 4 is 17.5 Å². The van der Waals surface area contributed by atoms with Crippen molar-refractivity contribution < 1.29 is 35.9 Å². The maximum atomic E-state index is 15.3. The highest BCUT2D eigenvalue weighted by molar-refractivity contribution is 6.30. The van der Waals surface area contributed by atoms with Gasteiger partial charge in [-0.05, 0) is 31.9 Å². The molecular weight excluding hydrogens is 540 g/mol. The molecule has 0 unspecified atom stereocenters. The molecule has 13 heteroatoms. The zero-order valence-electron chi connectivity index (χ0n) is 19.7. The van der Waals surface area contributed by atoms with E-state index in [2.05, 4.69) is 10.3 Å². The summed E-state index contributed by atoms with van der Waals surface area (Å²) in [5.41, 5.74) is -4.36. The fourth-order valence-corrected chi connectivity index (χ4v) is 4.22. The maximum Gasteiger partial charge on any atom is 0.417 e. The maximum absolute atomic E-state index is 15.3. The fourth-order valence-electron chi connectivity index (χ4n) is 4.02. The third-order valence-corrected chi connectivity index (χ3v) is 6.51. The molecule has 1 amide bonds. The van der Waals surface area contributed by atoms with Crippen molar-refractivity contribution in [3.8, 4) is 11.4 Å². The van der Waals surface area contributed by atoms with Gasteiger partial charge in [-0.3, -0.25) is 9.59 Å². The van der Waals surface area contributed by atoms with Crippen molar-refractivity contribution in [2.24, 2.45) is 5.92 Å². The Balaban J connectivity index is 1.43. The zero-order chi connectivity index (χ0) is 27.8. The first-order valence-electron chi connectivity index (χ1n) is 11.3. The third kappa shape index (κ3) is 5.70. The number of H-pyrrole nitrogens is 1. The number of halogens is 7. The van der Waals surface area contributed by atoms with E-state index >= 15 is 4.39 Å². The summed E-state index contributed by atoms with van der Waals surface area (Å²) in [6.45, 7) is 0.574. The second kappa shape index (κ2) is 10.8. The first kappa shape index (κ1) is 27.6. The van der Waals surface area contributed by atoms with E-state index in [1.165, 1.54) is 12.1 Å². The van der Waals surface area contributed by atoms with E-state index in [4.69, 9.17) is 16.3 Å². The quantitative estimate of drug-likeness (QED) is 0.377. The Morgan fingerprint density at radius 3 is 2.47 bits per heavy atom. The second-order valence-electron chi connectivity index (χ2n) is 8.81. The molecule has 1 saturated carbocycles. The second-order valence-corrected chi connectivity index (χ2v) is 9.21. The lowest BCUT2D eigenvalue weighted by atomic mass is 9.81. The Hall–Kier alpha value is -3.38. The van der Waals surface area contributed by atoms with E-state index in [9.17, 15) is 31.5 Å². The van der Waals surface area contributed by atoms with Crippen LogP contribution in [0.4, 0.5) is 26.3 Å². The highest BCUT2D eigenvalue weighted by Crippen LogP contribution is 2.38. The predicted octanol–water partition coefficient (Wildman–Crippen LogP) is 5.45. The Bertz CT molecular complexity index is 1440. The molecule has 1 fully saturated rings. The molecule has 202 valence electrons. The summed E-state index contributed by atoms with van der Waals surface area (Å²) in [7, 11) is 0. The summed E-state index contributed by atoms with van der Waals surface area (Å²) in [5, 5.41) is 2.44. The van der Waals surface area contributed by atoms with E-state index in [1.807, 2.05) is 4.98 Å². The highest BCUT2D eigenvalue weighted by Gasteiger charge is 2.38. The van der Waals surface area contributed by atoms with Crippen LogP contribution in [0.1, 0.15) is 35.2 Å². The lowest BCUT2D eigenvalue weighted by molar-refractivity contribution is -0.137. The van der Waals surface area contributed by atoms with Crippen molar-refractivity contribution in [1.82, 2.24) is 15.3 Å². The van der Waals surface area contributed by atoms with Gasteiger partial charge < -0.3 is 15.0 Å². The van der Waals surface area contributed by atoms with Crippen LogP contribution < -0.4 is 10.9 Å². The van der Waals surface area contributed by atoms with E-state index < -0.39 is 70.2 Å². The topological polar surface area (TPSA) is 84.1 Å². The number of aryl methyl sites for hydroxylation is 1. The van der Waals surface area contributed by atoms with Crippen LogP contribution in [0.15, 0.2) is 35.1 Å². The number of carbonyl (C=O) groups is 1. The fraction of sp³-hybridized carbons (Fsp3) is 0.320. The number of aromatic amines is 1. The summed E-state index contributed by atoms with van der Waals surface area (Å²) in [6.07, 6.45) is -4.69. The van der Waals surface area contributed by atoms with E-state index in [0.29, 0.717) is 18.9 Å². The molecule has 0 saturated heterocycles. The van der Waals surface area contributed by atoms with Gasteiger partial charge in [0.25, 0.3) is 5.56 Å². The first-order chi connectivity index (χ1) is 17.9. The molecule has 38 heavy (non-hydrogen) atoms. The van der Waals surface area contributed by atoms with E-state index in [1.54, 1.807) is 6.07 Å². The number of hydrogen-bond donors (Lipinski definition) is 2. The van der Waals surface area contributed by atoms with Crippen LogP contribution in [0.25, 0.3) is 11.4 Å². The number of nitrogens with zero attached hydrogens (tertiary/aromatic N) is 1. The molecule has 6 nitrogen and oxygen atoms in total. The summed E-state index contributed by atoms with van der Waals surface area (Å²) in [5.74, 6) is -5.00. The van der Waals surface area contributed by atoms with Crippen LogP contribution >= 0.6 is 11.6 Å². The average Bonchev–Trinajstić information content (AvgIpc) is 2.82. The van der Waals surface area contributed by atoms with Gasteiger partial charge in [-0.15, -0.1) is 0 Å². The number of aromatic nitrogens is 2. The van der Waals surface area contributed by atoms with Gasteiger partial charge in [-0.25, -0.2) is 13.8 Å². The van der Waals surface area contributed by atoms with Crippen molar-refractivity contribution in [2.45, 2.75) is 45.2 Å². The standard InChI is InChI=1S/C25H20ClF6N3O3/c1-11-19(27)24(37)35-22(34-11)18-16(25(30,31)32)6-5-12(21(18)29)9-33-23(36)14-7-15(8-14)38-10-13-3-2-4-17(26)20(13)28/h2-6,14-15H,7-10H2,1H3,(H,33,36)(H,34,35,37). The molecule has 0 aliphatic heterocycles. The van der Waals surface area contributed by atoms with Crippen molar-refractivity contribution in [3.63, 3.8) is 0 Å². The third-order valence-electron chi connectivity index (χ3n) is 6.22. The minimum Gasteiger partial charge on any atom is -0.373 e. The molecule has 1 aliphatic rings. The van der Waals surface area contributed by atoms with Crippen LogP contribution in [-0.2, 0) is 28.9 Å². The van der Waals surface area contributed by atoms with Gasteiger partial charge in [0, 0.05) is 23.6 Å². The highest BCUT2D eigenvalue weighted by atomic mass is 35.5. The van der Waals surface area contributed by atoms with Crippen LogP contribution in [0, 0.1) is 30.3 Å². The Morgan fingerprint density at radius 2 is 1.82 bits per heavy atom. The molecule has 2 aromatic carbocycles. The molecule has 3 aromatic rings. The number of benzene rings is 2. The Labute approximate surface area is 217 Å². The minimum atomic E-state index is -5.01. The number of alkyl halides is 3. The average molecular weight is 560 g/mol. The largest absolute Gasteiger partial charge is 0.417 e. The van der Waals surface area contributed by atoms with E-state index in [-0.39, 0.29) is 28.9 Å². The van der Waals surface area contributed by atoms with Crippen LogP contribution in [0.5, 0.6) is 0 Å². The van der Waals surface area contributed by atoms with Crippen LogP contribution in [0.3, 0.4) is 0 Å². The molecule has 0 radical (unpaired) electrons. The number of nitrogens with one attached hydrogen (secondary N) is 2. The molecule has 1 aliphatic carbocycles. The van der Waals surface area contributed by atoms with Gasteiger partial charge in [0.2, 0.25) is 11.7 Å². The molecule has 1 heterocycles. The summed E-state index contributed by atoms with van der Waals surface area (Å²) in [4.78, 5) is 29.6. The predicted molar refractivity (Wildman–Crippen MR) is 125 cm³/mol. The molecule has 0 atom stereocenters. The smallest absolute Gasteiger partial charge is 0.373 e. The lowest BCUT2D eigenvalue weighted by Crippen LogP contribution is -2.42. The monoisotopic (exact) mass is 559 g/mol. The first-order valence-corrected chi connectivity index (χ1v) is 11.7. The van der Waals surface area contributed by atoms with Crippen molar-refractivity contribution in [3.05, 3.63) is 85.5 Å². The van der Waals surface area contributed by atoms with Gasteiger partial charge in [0.05, 0.1) is 34.6 Å². The number of ether oxygens (including phenoxy) is 1. The summed E-state index contributed by atoms with van der Waals surface area (Å²) < 4.78 is 89.2. The summed E-state index contributed by atoms with van der Waals surface area (Å²) >= 11 is 5.73. The summed E-state index contributed by atoms with van der Waals surface area (Å²) in [6, 6.07) is 5.97. The normalized spacial score (nSPS) is 17.3. The molecule has 1 aromatic heterocycles. The molecule has 2 N–H and O–H groups in total. The lowest BCUT2D eigenvalue weighted by Gasteiger charge is -2.34. The number of rotatable bonds is 7. The van der Waals surface area contributed by atoms with E-state index in [0.717, 1.165) is 13.0 Å². The van der Waals surface area contributed by atoms with Gasteiger partial charge in [0.15, 0.2) is 0 Å². The van der Waals surface area contributed by atoms with Crippen LogP contribution in [0.2, 0.25) is 5.02 Å².